The average molecular weight is 221 g/mol. The molecule has 0 atom stereocenters. The average Bonchev–Trinajstić information content (AvgIpc) is 2.21. The van der Waals surface area contributed by atoms with Crippen LogP contribution >= 0.6 is 0 Å². The van der Waals surface area contributed by atoms with Crippen LogP contribution in [-0.2, 0) is 0 Å². The molecule has 1 aromatic carbocycles. The molecule has 0 heterocycles. The smallest absolute Gasteiger partial charge is 0.130 e. The number of nitrogens with one attached hydrogen (secondary N) is 1. The lowest BCUT2D eigenvalue weighted by Crippen LogP contribution is -2.21. The Morgan fingerprint density at radius 3 is 2.69 bits per heavy atom. The van der Waals surface area contributed by atoms with E-state index in [1.807, 2.05) is 19.1 Å². The molecule has 0 saturated heterocycles. The van der Waals surface area contributed by atoms with Crippen molar-refractivity contribution in [2.75, 3.05) is 13.1 Å². The number of hydrogen-bond acceptors (Lipinski definition) is 1. The van der Waals surface area contributed by atoms with Crippen LogP contribution in [0.1, 0.15) is 26.3 Å². The Hall–Kier alpha value is -1.15. The molecule has 2 heteroatoms. The van der Waals surface area contributed by atoms with Crippen molar-refractivity contribution >= 4 is 6.08 Å². The topological polar surface area (TPSA) is 12.0 Å². The summed E-state index contributed by atoms with van der Waals surface area (Å²) in [5, 5.41) is 3.33. The Bertz CT molecular complexity index is 356. The molecular weight excluding hydrogens is 201 g/mol. The second kappa shape index (κ2) is 6.44. The van der Waals surface area contributed by atoms with Gasteiger partial charge in [-0.25, -0.2) is 4.39 Å². The van der Waals surface area contributed by atoms with Crippen molar-refractivity contribution in [3.8, 4) is 0 Å². The Morgan fingerprint density at radius 2 is 2.06 bits per heavy atom. The Labute approximate surface area is 97.4 Å². The number of hydrogen-bond donors (Lipinski definition) is 1. The summed E-state index contributed by atoms with van der Waals surface area (Å²) >= 11 is 0. The van der Waals surface area contributed by atoms with E-state index in [1.165, 1.54) is 6.07 Å². The van der Waals surface area contributed by atoms with E-state index in [0.717, 1.165) is 18.7 Å². The van der Waals surface area contributed by atoms with Gasteiger partial charge < -0.3 is 5.32 Å². The summed E-state index contributed by atoms with van der Waals surface area (Å²) in [6.07, 6.45) is 1.89. The molecule has 0 saturated carbocycles. The SMILES string of the molecule is CC(=Cc1ccccc1F)CNCC(C)C. The van der Waals surface area contributed by atoms with Crippen LogP contribution in [-0.4, -0.2) is 13.1 Å². The highest BCUT2D eigenvalue weighted by Crippen LogP contribution is 2.10. The second-order valence-corrected chi connectivity index (χ2v) is 4.54. The fourth-order valence-corrected chi connectivity index (χ4v) is 1.47. The largest absolute Gasteiger partial charge is 0.313 e. The van der Waals surface area contributed by atoms with Crippen LogP contribution in [0.5, 0.6) is 0 Å². The second-order valence-electron chi connectivity index (χ2n) is 4.54. The van der Waals surface area contributed by atoms with E-state index in [0.29, 0.717) is 11.5 Å². The molecule has 0 aliphatic heterocycles. The van der Waals surface area contributed by atoms with Crippen molar-refractivity contribution in [1.29, 1.82) is 0 Å². The minimum atomic E-state index is -0.161. The summed E-state index contributed by atoms with van der Waals surface area (Å²) in [6, 6.07) is 6.84. The minimum Gasteiger partial charge on any atom is -0.313 e. The summed E-state index contributed by atoms with van der Waals surface area (Å²) in [7, 11) is 0. The van der Waals surface area contributed by atoms with Gasteiger partial charge in [-0.3, -0.25) is 0 Å². The Balaban J connectivity index is 2.53. The molecule has 0 fully saturated rings. The molecule has 0 spiro atoms. The third-order valence-corrected chi connectivity index (χ3v) is 2.26. The van der Waals surface area contributed by atoms with Gasteiger partial charge in [0.25, 0.3) is 0 Å². The quantitative estimate of drug-likeness (QED) is 0.802. The van der Waals surface area contributed by atoms with E-state index in [4.69, 9.17) is 0 Å². The van der Waals surface area contributed by atoms with Crippen molar-refractivity contribution in [2.24, 2.45) is 5.92 Å². The van der Waals surface area contributed by atoms with E-state index in [2.05, 4.69) is 19.2 Å². The van der Waals surface area contributed by atoms with Crippen molar-refractivity contribution in [3.05, 3.63) is 41.2 Å². The first-order valence-electron chi connectivity index (χ1n) is 5.72. The molecule has 0 amide bonds. The molecule has 1 nitrogen and oxygen atoms in total. The summed E-state index contributed by atoms with van der Waals surface area (Å²) in [5.74, 6) is 0.479. The van der Waals surface area contributed by atoms with Gasteiger partial charge in [0.1, 0.15) is 5.82 Å². The number of halogens is 1. The fourth-order valence-electron chi connectivity index (χ4n) is 1.47. The Kier molecular flexibility index (Phi) is 5.20. The van der Waals surface area contributed by atoms with E-state index in [-0.39, 0.29) is 5.82 Å². The van der Waals surface area contributed by atoms with Gasteiger partial charge in [-0.2, -0.15) is 0 Å². The van der Waals surface area contributed by atoms with E-state index < -0.39 is 0 Å². The van der Waals surface area contributed by atoms with Crippen LogP contribution in [0.2, 0.25) is 0 Å². The lowest BCUT2D eigenvalue weighted by molar-refractivity contribution is 0.572. The van der Waals surface area contributed by atoms with E-state index in [1.54, 1.807) is 12.1 Å². The molecule has 1 rings (SSSR count). The van der Waals surface area contributed by atoms with Gasteiger partial charge in [-0.15, -0.1) is 0 Å². The fraction of sp³-hybridized carbons (Fsp3) is 0.429. The van der Waals surface area contributed by atoms with Gasteiger partial charge in [0.2, 0.25) is 0 Å². The van der Waals surface area contributed by atoms with Crippen molar-refractivity contribution in [2.45, 2.75) is 20.8 Å². The molecule has 0 aromatic heterocycles. The monoisotopic (exact) mass is 221 g/mol. The molecule has 0 bridgehead atoms. The van der Waals surface area contributed by atoms with Crippen LogP contribution < -0.4 is 5.32 Å². The van der Waals surface area contributed by atoms with Gasteiger partial charge in [0.15, 0.2) is 0 Å². The zero-order valence-corrected chi connectivity index (χ0v) is 10.3. The maximum atomic E-state index is 13.3. The van der Waals surface area contributed by atoms with Crippen molar-refractivity contribution < 1.29 is 4.39 Å². The first-order valence-corrected chi connectivity index (χ1v) is 5.72. The first kappa shape index (κ1) is 12.9. The molecule has 16 heavy (non-hydrogen) atoms. The van der Waals surface area contributed by atoms with Crippen LogP contribution in [0.25, 0.3) is 6.08 Å². The summed E-state index contributed by atoms with van der Waals surface area (Å²) in [5.41, 5.74) is 1.80. The van der Waals surface area contributed by atoms with Gasteiger partial charge in [0.05, 0.1) is 0 Å². The lowest BCUT2D eigenvalue weighted by Gasteiger charge is -2.07. The molecule has 0 radical (unpaired) electrons. The molecule has 0 unspecified atom stereocenters. The summed E-state index contributed by atoms with van der Waals surface area (Å²) in [6.45, 7) is 8.15. The zero-order valence-electron chi connectivity index (χ0n) is 10.3. The number of rotatable bonds is 5. The predicted molar refractivity (Wildman–Crippen MR) is 67.8 cm³/mol. The minimum absolute atomic E-state index is 0.161. The third kappa shape index (κ3) is 4.58. The van der Waals surface area contributed by atoms with Gasteiger partial charge in [-0.1, -0.05) is 43.7 Å². The van der Waals surface area contributed by atoms with Crippen molar-refractivity contribution in [1.82, 2.24) is 5.32 Å². The maximum Gasteiger partial charge on any atom is 0.130 e. The first-order chi connectivity index (χ1) is 7.59. The maximum absolute atomic E-state index is 13.3. The lowest BCUT2D eigenvalue weighted by atomic mass is 10.1. The molecule has 1 N–H and O–H groups in total. The normalized spacial score (nSPS) is 12.2. The third-order valence-electron chi connectivity index (χ3n) is 2.26. The Morgan fingerprint density at radius 1 is 1.38 bits per heavy atom. The highest BCUT2D eigenvalue weighted by Gasteiger charge is 1.98. The summed E-state index contributed by atoms with van der Waals surface area (Å²) in [4.78, 5) is 0. The molecule has 0 aliphatic rings. The van der Waals surface area contributed by atoms with Gasteiger partial charge >= 0.3 is 0 Å². The van der Waals surface area contributed by atoms with Gasteiger partial charge in [0, 0.05) is 12.1 Å². The van der Waals surface area contributed by atoms with Gasteiger partial charge in [-0.05, 0) is 25.5 Å². The predicted octanol–water partition coefficient (Wildman–Crippen LogP) is 3.47. The number of benzene rings is 1. The van der Waals surface area contributed by atoms with Crippen LogP contribution in [0.4, 0.5) is 4.39 Å². The molecule has 1 aromatic rings. The highest BCUT2D eigenvalue weighted by atomic mass is 19.1. The van der Waals surface area contributed by atoms with E-state index >= 15 is 0 Å². The zero-order chi connectivity index (χ0) is 12.0. The molecule has 0 aliphatic carbocycles. The van der Waals surface area contributed by atoms with Crippen LogP contribution in [0.3, 0.4) is 0 Å². The molecule has 88 valence electrons. The summed E-state index contributed by atoms with van der Waals surface area (Å²) < 4.78 is 13.3. The molecular formula is C14H20FN. The van der Waals surface area contributed by atoms with Crippen LogP contribution in [0.15, 0.2) is 29.8 Å². The standard InChI is InChI=1S/C14H20FN/c1-11(2)9-16-10-12(3)8-13-6-4-5-7-14(13)15/h4-8,11,16H,9-10H2,1-3H3. The van der Waals surface area contributed by atoms with Crippen molar-refractivity contribution in [3.63, 3.8) is 0 Å². The van der Waals surface area contributed by atoms with E-state index in [9.17, 15) is 4.39 Å². The highest BCUT2D eigenvalue weighted by molar-refractivity contribution is 5.53. The van der Waals surface area contributed by atoms with Crippen LogP contribution in [0, 0.1) is 11.7 Å².